The number of fused-ring (bicyclic) bond motifs is 1. The van der Waals surface area contributed by atoms with E-state index in [4.69, 9.17) is 4.74 Å². The molecule has 1 aliphatic heterocycles. The van der Waals surface area contributed by atoms with Gasteiger partial charge < -0.3 is 9.72 Å². The highest BCUT2D eigenvalue weighted by molar-refractivity contribution is 5.99. The molecular formula is C16H13F3N2O3. The van der Waals surface area contributed by atoms with Crippen molar-refractivity contribution in [1.82, 2.24) is 4.98 Å². The predicted octanol–water partition coefficient (Wildman–Crippen LogP) is 4.22. The van der Waals surface area contributed by atoms with Gasteiger partial charge in [-0.3, -0.25) is 10.1 Å². The van der Waals surface area contributed by atoms with Crippen molar-refractivity contribution in [3.8, 4) is 11.3 Å². The molecule has 0 unspecified atom stereocenters. The predicted molar refractivity (Wildman–Crippen MR) is 79.7 cm³/mol. The first-order valence-electron chi connectivity index (χ1n) is 7.03. The Bertz CT molecular complexity index is 837. The van der Waals surface area contributed by atoms with E-state index in [-0.39, 0.29) is 0 Å². The normalized spacial score (nSPS) is 16.1. The van der Waals surface area contributed by atoms with Crippen LogP contribution in [0.2, 0.25) is 0 Å². The van der Waals surface area contributed by atoms with Crippen molar-refractivity contribution in [2.75, 3.05) is 5.32 Å². The minimum Gasteiger partial charge on any atom is -0.438 e. The van der Waals surface area contributed by atoms with E-state index in [1.165, 1.54) is 6.07 Å². The molecule has 0 saturated heterocycles. The molecule has 0 atom stereocenters. The molecular weight excluding hydrogens is 325 g/mol. The average molecular weight is 338 g/mol. The first kappa shape index (κ1) is 16.1. The Morgan fingerprint density at radius 2 is 1.88 bits per heavy atom. The molecule has 126 valence electrons. The Morgan fingerprint density at radius 3 is 2.54 bits per heavy atom. The van der Waals surface area contributed by atoms with Crippen LogP contribution in [0.5, 0.6) is 0 Å². The molecule has 2 heterocycles. The van der Waals surface area contributed by atoms with Crippen molar-refractivity contribution in [2.24, 2.45) is 0 Å². The summed E-state index contributed by atoms with van der Waals surface area (Å²) in [5.41, 5.74) is 0.765. The fourth-order valence-corrected chi connectivity index (χ4v) is 2.59. The van der Waals surface area contributed by atoms with Crippen LogP contribution >= 0.6 is 0 Å². The number of nitrogens with one attached hydrogen (secondary N) is 2. The maximum Gasteiger partial charge on any atom is 0.456 e. The summed E-state index contributed by atoms with van der Waals surface area (Å²) in [4.78, 5) is 25.2. The summed E-state index contributed by atoms with van der Waals surface area (Å²) in [5, 5.41) is 2.56. The first-order valence-corrected chi connectivity index (χ1v) is 7.03. The number of aromatic amines is 1. The van der Waals surface area contributed by atoms with E-state index in [0.717, 1.165) is 6.07 Å². The Kier molecular flexibility index (Phi) is 3.43. The zero-order valence-electron chi connectivity index (χ0n) is 12.7. The van der Waals surface area contributed by atoms with Gasteiger partial charge in [-0.25, -0.2) is 4.79 Å². The number of ketones is 1. The van der Waals surface area contributed by atoms with Gasteiger partial charge in [-0.05, 0) is 43.7 Å². The standard InChI is InChI=1S/C16H13F3N2O3/c1-15(2)9-7-8(3-4-11(9)21-14(23)24-15)10-5-6-12(20-10)13(22)16(17,18)19/h3-7,20H,1-2H3,(H,21,23). The molecule has 0 saturated carbocycles. The van der Waals surface area contributed by atoms with E-state index in [1.807, 2.05) is 0 Å². The van der Waals surface area contributed by atoms with Crippen LogP contribution in [0.4, 0.5) is 23.7 Å². The van der Waals surface area contributed by atoms with Gasteiger partial charge in [-0.2, -0.15) is 13.2 Å². The highest BCUT2D eigenvalue weighted by Gasteiger charge is 2.40. The Morgan fingerprint density at radius 1 is 1.17 bits per heavy atom. The Hall–Kier alpha value is -2.77. The molecule has 0 radical (unpaired) electrons. The molecule has 2 N–H and O–H groups in total. The van der Waals surface area contributed by atoms with Gasteiger partial charge in [0, 0.05) is 11.3 Å². The average Bonchev–Trinajstić information content (AvgIpc) is 2.93. The molecule has 0 spiro atoms. The largest absolute Gasteiger partial charge is 0.456 e. The van der Waals surface area contributed by atoms with Crippen molar-refractivity contribution < 1.29 is 27.5 Å². The number of Topliss-reactive ketones (excluding diaryl/α,β-unsaturated/α-hetero) is 1. The number of halogens is 3. The third kappa shape index (κ3) is 2.75. The van der Waals surface area contributed by atoms with Crippen molar-refractivity contribution in [3.63, 3.8) is 0 Å². The van der Waals surface area contributed by atoms with E-state index in [0.29, 0.717) is 22.5 Å². The zero-order chi connectivity index (χ0) is 17.7. The molecule has 0 bridgehead atoms. The maximum absolute atomic E-state index is 12.5. The van der Waals surface area contributed by atoms with E-state index in [1.54, 1.807) is 32.0 Å². The lowest BCUT2D eigenvalue weighted by atomic mass is 9.92. The van der Waals surface area contributed by atoms with Crippen molar-refractivity contribution in [3.05, 3.63) is 41.6 Å². The van der Waals surface area contributed by atoms with Crippen LogP contribution in [0.25, 0.3) is 11.3 Å². The molecule has 24 heavy (non-hydrogen) atoms. The van der Waals surface area contributed by atoms with Gasteiger partial charge in [0.15, 0.2) is 0 Å². The summed E-state index contributed by atoms with van der Waals surface area (Å²) in [5.74, 6) is -1.93. The van der Waals surface area contributed by atoms with E-state index in [9.17, 15) is 22.8 Å². The van der Waals surface area contributed by atoms with Crippen LogP contribution in [-0.2, 0) is 10.3 Å². The number of aromatic nitrogens is 1. The van der Waals surface area contributed by atoms with Crippen LogP contribution < -0.4 is 5.32 Å². The second kappa shape index (κ2) is 5.12. The van der Waals surface area contributed by atoms with Crippen LogP contribution in [0, 0.1) is 0 Å². The summed E-state index contributed by atoms with van der Waals surface area (Å²) in [6.45, 7) is 3.42. The monoisotopic (exact) mass is 338 g/mol. The van der Waals surface area contributed by atoms with Crippen molar-refractivity contribution in [2.45, 2.75) is 25.6 Å². The van der Waals surface area contributed by atoms with Gasteiger partial charge in [0.25, 0.3) is 5.78 Å². The third-order valence-corrected chi connectivity index (χ3v) is 3.75. The van der Waals surface area contributed by atoms with Crippen molar-refractivity contribution in [1.29, 1.82) is 0 Å². The molecule has 8 heteroatoms. The van der Waals surface area contributed by atoms with Crippen molar-refractivity contribution >= 4 is 17.6 Å². The van der Waals surface area contributed by atoms with Gasteiger partial charge in [0.05, 0.1) is 11.4 Å². The summed E-state index contributed by atoms with van der Waals surface area (Å²) in [7, 11) is 0. The SMILES string of the molecule is CC1(C)OC(=O)Nc2ccc(-c3ccc(C(=O)C(F)(F)F)[nH]3)cc21. The molecule has 3 rings (SSSR count). The molecule has 1 aromatic carbocycles. The second-order valence-corrected chi connectivity index (χ2v) is 5.90. The zero-order valence-corrected chi connectivity index (χ0v) is 12.7. The number of benzene rings is 1. The van der Waals surface area contributed by atoms with E-state index >= 15 is 0 Å². The Labute approximate surface area is 134 Å². The molecule has 2 aromatic rings. The summed E-state index contributed by atoms with van der Waals surface area (Å²) in [6.07, 6.45) is -5.50. The number of rotatable bonds is 2. The lowest BCUT2D eigenvalue weighted by molar-refractivity contribution is -0.0887. The number of amides is 1. The van der Waals surface area contributed by atoms with Gasteiger partial charge in [-0.1, -0.05) is 6.07 Å². The number of cyclic esters (lactones) is 1. The van der Waals surface area contributed by atoms with Gasteiger partial charge in [0.1, 0.15) is 5.60 Å². The highest BCUT2D eigenvalue weighted by atomic mass is 19.4. The number of carbonyl (C=O) groups is 2. The summed E-state index contributed by atoms with van der Waals surface area (Å²) >= 11 is 0. The Balaban J connectivity index is 1.99. The highest BCUT2D eigenvalue weighted by Crippen LogP contribution is 2.38. The van der Waals surface area contributed by atoms with Crippen LogP contribution in [0.3, 0.4) is 0 Å². The fraction of sp³-hybridized carbons (Fsp3) is 0.250. The number of hydrogen-bond acceptors (Lipinski definition) is 3. The number of hydrogen-bond donors (Lipinski definition) is 2. The molecule has 1 aromatic heterocycles. The smallest absolute Gasteiger partial charge is 0.438 e. The van der Waals surface area contributed by atoms with Gasteiger partial charge in [0.2, 0.25) is 0 Å². The lowest BCUT2D eigenvalue weighted by Gasteiger charge is -2.32. The topological polar surface area (TPSA) is 71.2 Å². The molecule has 1 amide bonds. The van der Waals surface area contributed by atoms with Gasteiger partial charge in [-0.15, -0.1) is 0 Å². The minimum absolute atomic E-state index is 0.359. The second-order valence-electron chi connectivity index (χ2n) is 5.90. The minimum atomic E-state index is -4.93. The van der Waals surface area contributed by atoms with Crippen LogP contribution in [0.1, 0.15) is 29.9 Å². The lowest BCUT2D eigenvalue weighted by Crippen LogP contribution is -2.34. The fourth-order valence-electron chi connectivity index (χ4n) is 2.59. The molecule has 1 aliphatic rings. The number of carbonyl (C=O) groups excluding carboxylic acids is 2. The first-order chi connectivity index (χ1) is 11.1. The number of ether oxygens (including phenoxy) is 1. The number of anilines is 1. The van der Waals surface area contributed by atoms with Gasteiger partial charge >= 0.3 is 12.3 Å². The number of alkyl halides is 3. The summed E-state index contributed by atoms with van der Waals surface area (Å²) < 4.78 is 42.7. The van der Waals surface area contributed by atoms with Crippen LogP contribution in [0.15, 0.2) is 30.3 Å². The molecule has 5 nitrogen and oxygen atoms in total. The van der Waals surface area contributed by atoms with E-state index in [2.05, 4.69) is 10.3 Å². The molecule has 0 fully saturated rings. The maximum atomic E-state index is 12.5. The molecule has 0 aliphatic carbocycles. The third-order valence-electron chi connectivity index (χ3n) is 3.75. The quantitative estimate of drug-likeness (QED) is 0.805. The summed E-state index contributed by atoms with van der Waals surface area (Å²) in [6, 6.07) is 7.46. The number of H-pyrrole nitrogens is 1. The van der Waals surface area contributed by atoms with Crippen LogP contribution in [-0.4, -0.2) is 23.0 Å². The van der Waals surface area contributed by atoms with E-state index < -0.39 is 29.3 Å².